The Labute approximate surface area is 129 Å². The normalized spacial score (nSPS) is 23.4. The van der Waals surface area contributed by atoms with Crippen molar-refractivity contribution in [3.8, 4) is 0 Å². The van der Waals surface area contributed by atoms with Crippen LogP contribution in [0.3, 0.4) is 0 Å². The smallest absolute Gasteiger partial charge is 0.289 e. The Morgan fingerprint density at radius 2 is 1.65 bits per heavy atom. The van der Waals surface area contributed by atoms with Gasteiger partial charge in [-0.15, -0.1) is 9.79 Å². The topological polar surface area (TPSA) is 60.8 Å². The summed E-state index contributed by atoms with van der Waals surface area (Å²) >= 11 is 0. The summed E-state index contributed by atoms with van der Waals surface area (Å²) in [5.41, 5.74) is -1.55. The average Bonchev–Trinajstić information content (AvgIpc) is 2.29. The van der Waals surface area contributed by atoms with E-state index in [9.17, 15) is 30.7 Å². The van der Waals surface area contributed by atoms with Gasteiger partial charge >= 0.3 is 26.8 Å². The third-order valence-corrected chi connectivity index (χ3v) is 3.46. The highest BCUT2D eigenvalue weighted by atomic mass is 31.1. The lowest BCUT2D eigenvalue weighted by Gasteiger charge is -2.46. The lowest BCUT2D eigenvalue weighted by molar-refractivity contribution is -0.187. The summed E-state index contributed by atoms with van der Waals surface area (Å²) < 4.78 is 96.6. The molecule has 23 heavy (non-hydrogen) atoms. The summed E-state index contributed by atoms with van der Waals surface area (Å²) in [6.07, 6.45) is -8.67. The van der Waals surface area contributed by atoms with E-state index in [-0.39, 0.29) is 13.0 Å². The summed E-state index contributed by atoms with van der Waals surface area (Å²) in [4.78, 5) is 15.1. The molecule has 0 radical (unpaired) electrons. The van der Waals surface area contributed by atoms with Crippen molar-refractivity contribution in [2.75, 3.05) is 13.1 Å². The van der Waals surface area contributed by atoms with E-state index in [2.05, 4.69) is 0 Å². The van der Waals surface area contributed by atoms with Gasteiger partial charge in [-0.2, -0.15) is 13.2 Å². The van der Waals surface area contributed by atoms with E-state index in [1.54, 1.807) is 0 Å². The van der Waals surface area contributed by atoms with Crippen molar-refractivity contribution in [3.63, 3.8) is 0 Å². The largest absolute Gasteiger partial charge is 0.692 e. The Balaban J connectivity index is 0.00000108. The van der Waals surface area contributed by atoms with Crippen molar-refractivity contribution < 1.29 is 45.1 Å². The Bertz CT molecular complexity index is 390. The van der Waals surface area contributed by atoms with Gasteiger partial charge in [-0.1, -0.05) is 6.42 Å². The van der Waals surface area contributed by atoms with Gasteiger partial charge in [-0.05, 0) is 26.3 Å². The van der Waals surface area contributed by atoms with E-state index in [1.807, 2.05) is 0 Å². The number of piperidine rings is 1. The summed E-state index contributed by atoms with van der Waals surface area (Å²) in [6.45, 7) is -0.146. The number of nitrogens with zero attached hydrogens (tertiary/aromatic N) is 1. The summed E-state index contributed by atoms with van der Waals surface area (Å²) in [6, 6.07) is 0. The molecule has 1 unspecified atom stereocenters. The fourth-order valence-electron chi connectivity index (χ4n) is 2.51. The van der Waals surface area contributed by atoms with Gasteiger partial charge in [0, 0.05) is 16.5 Å². The maximum atomic E-state index is 13.1. The molecular formula is C11H18F7NO3P+. The van der Waals surface area contributed by atoms with Gasteiger partial charge in [0.1, 0.15) is 0 Å². The lowest BCUT2D eigenvalue weighted by Crippen LogP contribution is -2.56. The molecule has 1 aliphatic heterocycles. The van der Waals surface area contributed by atoms with Crippen molar-refractivity contribution in [1.82, 2.24) is 4.90 Å². The predicted molar refractivity (Wildman–Crippen MR) is 67.5 cm³/mol. The van der Waals surface area contributed by atoms with Gasteiger partial charge in [0.15, 0.2) is 0 Å². The van der Waals surface area contributed by atoms with Gasteiger partial charge in [0.2, 0.25) is 0 Å². The number of hydrogen-bond donors (Lipinski definition) is 2. The Kier molecular flexibility index (Phi) is 8.36. The molecule has 0 aromatic carbocycles. The standard InChI is InChI=1S/C11H16F7N.HO3P/c1-9(6-10(14,15)8(12)13)4-2-3-5-19(9)7-11(16,17)18;1-4(2)3/h8H,2-7H2,1H3;(H-,1,2,3)/p+1. The SMILES string of the molecule is CC1(CC(F)(F)C(F)F)CCCCN1CC(F)(F)F.O=[P+](O)O. The second-order valence-corrected chi connectivity index (χ2v) is 5.99. The third kappa shape index (κ3) is 8.78. The molecule has 2 N–H and O–H groups in total. The molecule has 0 aliphatic carbocycles. The van der Waals surface area contributed by atoms with Gasteiger partial charge in [0.05, 0.1) is 6.54 Å². The van der Waals surface area contributed by atoms with E-state index >= 15 is 0 Å². The molecule has 0 amide bonds. The minimum Gasteiger partial charge on any atom is -0.289 e. The van der Waals surface area contributed by atoms with Crippen LogP contribution in [0.15, 0.2) is 0 Å². The number of likely N-dealkylation sites (tertiary alicyclic amines) is 1. The second kappa shape index (κ2) is 8.55. The molecule has 0 bridgehead atoms. The average molecular weight is 376 g/mol. The lowest BCUT2D eigenvalue weighted by atomic mass is 9.83. The molecule has 1 rings (SSSR count). The molecule has 0 aromatic rings. The first-order valence-corrected chi connectivity index (χ1v) is 7.69. The van der Waals surface area contributed by atoms with Crippen molar-refractivity contribution >= 4 is 8.25 Å². The van der Waals surface area contributed by atoms with Crippen molar-refractivity contribution in [1.29, 1.82) is 0 Å². The van der Waals surface area contributed by atoms with Crippen LogP contribution in [0, 0.1) is 0 Å². The number of halogens is 7. The first kappa shape index (κ1) is 22.5. The highest BCUT2D eigenvalue weighted by Crippen LogP contribution is 2.40. The van der Waals surface area contributed by atoms with Crippen LogP contribution in [-0.4, -0.2) is 51.8 Å². The fraction of sp³-hybridized carbons (Fsp3) is 1.00. The van der Waals surface area contributed by atoms with Crippen LogP contribution in [-0.2, 0) is 4.57 Å². The Morgan fingerprint density at radius 3 is 2.04 bits per heavy atom. The molecule has 1 atom stereocenters. The van der Waals surface area contributed by atoms with Crippen LogP contribution in [0.4, 0.5) is 30.7 Å². The number of rotatable bonds is 4. The summed E-state index contributed by atoms with van der Waals surface area (Å²) in [5.74, 6) is -4.27. The number of hydrogen-bond acceptors (Lipinski definition) is 2. The van der Waals surface area contributed by atoms with Crippen LogP contribution >= 0.6 is 8.25 Å². The highest BCUT2D eigenvalue weighted by molar-refractivity contribution is 7.30. The van der Waals surface area contributed by atoms with Crippen LogP contribution < -0.4 is 0 Å². The van der Waals surface area contributed by atoms with Gasteiger partial charge in [-0.3, -0.25) is 4.90 Å². The Morgan fingerprint density at radius 1 is 1.17 bits per heavy atom. The fourth-order valence-corrected chi connectivity index (χ4v) is 2.51. The van der Waals surface area contributed by atoms with E-state index in [0.717, 1.165) is 4.90 Å². The molecule has 138 valence electrons. The number of alkyl halides is 7. The molecular weight excluding hydrogens is 358 g/mol. The van der Waals surface area contributed by atoms with Crippen molar-refractivity contribution in [3.05, 3.63) is 0 Å². The second-order valence-electron chi connectivity index (χ2n) is 5.48. The van der Waals surface area contributed by atoms with Crippen molar-refractivity contribution in [2.24, 2.45) is 0 Å². The van der Waals surface area contributed by atoms with Crippen molar-refractivity contribution in [2.45, 2.75) is 56.7 Å². The van der Waals surface area contributed by atoms with E-state index < -0.39 is 45.3 Å². The maximum Gasteiger partial charge on any atom is 0.692 e. The molecule has 1 aliphatic rings. The van der Waals surface area contributed by atoms with Gasteiger partial charge in [0.25, 0.3) is 0 Å². The first-order valence-electron chi connectivity index (χ1n) is 6.52. The molecule has 1 saturated heterocycles. The predicted octanol–water partition coefficient (Wildman–Crippen LogP) is 3.71. The molecule has 0 saturated carbocycles. The monoisotopic (exact) mass is 376 g/mol. The molecule has 0 spiro atoms. The Hall–Kier alpha value is -0.510. The minimum atomic E-state index is -4.53. The molecule has 12 heteroatoms. The van der Waals surface area contributed by atoms with E-state index in [0.29, 0.717) is 12.8 Å². The zero-order chi connectivity index (χ0) is 18.5. The van der Waals surface area contributed by atoms with Crippen LogP contribution in [0.2, 0.25) is 0 Å². The maximum absolute atomic E-state index is 13.1. The van der Waals surface area contributed by atoms with Gasteiger partial charge < -0.3 is 0 Å². The zero-order valence-corrected chi connectivity index (χ0v) is 13.1. The van der Waals surface area contributed by atoms with E-state index in [4.69, 9.17) is 14.4 Å². The van der Waals surface area contributed by atoms with Crippen LogP contribution in [0.5, 0.6) is 0 Å². The quantitative estimate of drug-likeness (QED) is 0.580. The first-order chi connectivity index (χ1) is 10.2. The molecule has 1 heterocycles. The highest BCUT2D eigenvalue weighted by Gasteiger charge is 2.50. The molecule has 4 nitrogen and oxygen atoms in total. The molecule has 0 aromatic heterocycles. The van der Waals surface area contributed by atoms with Gasteiger partial charge in [-0.25, -0.2) is 17.6 Å². The van der Waals surface area contributed by atoms with E-state index in [1.165, 1.54) is 6.92 Å². The summed E-state index contributed by atoms with van der Waals surface area (Å²) in [5, 5.41) is 0. The summed E-state index contributed by atoms with van der Waals surface area (Å²) in [7, 11) is -2.87. The molecule has 1 fully saturated rings. The third-order valence-electron chi connectivity index (χ3n) is 3.46. The minimum absolute atomic E-state index is 0.00463. The zero-order valence-electron chi connectivity index (χ0n) is 12.2. The van der Waals surface area contributed by atoms with Crippen LogP contribution in [0.25, 0.3) is 0 Å². The van der Waals surface area contributed by atoms with Crippen LogP contribution in [0.1, 0.15) is 32.6 Å².